The second kappa shape index (κ2) is 6.64. The van der Waals surface area contributed by atoms with Gasteiger partial charge >= 0.3 is 12.1 Å². The standard InChI is InChI=1S/C15H13Cl2F3N2O2/c1-4-24-14(23)12-7(2)21-22(8(12)3)13-10(16)5-9(6-11(13)17)15(18,19)20/h5-6H,4H2,1-3H3. The van der Waals surface area contributed by atoms with E-state index in [2.05, 4.69) is 5.10 Å². The van der Waals surface area contributed by atoms with Crippen LogP contribution in [0.5, 0.6) is 0 Å². The van der Waals surface area contributed by atoms with E-state index in [1.807, 2.05) is 0 Å². The number of alkyl halides is 3. The van der Waals surface area contributed by atoms with Crippen LogP contribution in [0.4, 0.5) is 13.2 Å². The zero-order valence-corrected chi connectivity index (χ0v) is 14.5. The summed E-state index contributed by atoms with van der Waals surface area (Å²) in [5, 5.41) is 3.71. The lowest BCUT2D eigenvalue weighted by atomic mass is 10.1. The number of hydrogen-bond acceptors (Lipinski definition) is 3. The van der Waals surface area contributed by atoms with Crippen LogP contribution in [-0.4, -0.2) is 22.4 Å². The quantitative estimate of drug-likeness (QED) is 0.704. The molecule has 1 heterocycles. The van der Waals surface area contributed by atoms with Gasteiger partial charge in [0.15, 0.2) is 0 Å². The number of benzene rings is 1. The average Bonchev–Trinajstić information content (AvgIpc) is 2.72. The van der Waals surface area contributed by atoms with Crippen LogP contribution < -0.4 is 0 Å². The first-order chi connectivity index (χ1) is 11.1. The van der Waals surface area contributed by atoms with Crippen molar-refractivity contribution < 1.29 is 22.7 Å². The summed E-state index contributed by atoms with van der Waals surface area (Å²) < 4.78 is 44.7. The topological polar surface area (TPSA) is 44.1 Å². The summed E-state index contributed by atoms with van der Waals surface area (Å²) in [5.74, 6) is -0.571. The molecule has 2 rings (SSSR count). The zero-order chi connectivity index (χ0) is 18.2. The molecule has 0 amide bonds. The molecule has 1 aromatic carbocycles. The molecular formula is C15H13Cl2F3N2O2. The maximum absolute atomic E-state index is 12.8. The minimum atomic E-state index is -4.57. The molecule has 0 aliphatic rings. The molecule has 0 N–H and O–H groups in total. The lowest BCUT2D eigenvalue weighted by Crippen LogP contribution is -2.09. The van der Waals surface area contributed by atoms with Crippen molar-refractivity contribution in [1.82, 2.24) is 9.78 Å². The van der Waals surface area contributed by atoms with E-state index in [0.29, 0.717) is 11.4 Å². The average molecular weight is 381 g/mol. The van der Waals surface area contributed by atoms with Crippen molar-refractivity contribution in [3.8, 4) is 5.69 Å². The molecule has 0 saturated carbocycles. The first-order valence-corrected chi connectivity index (χ1v) is 7.63. The van der Waals surface area contributed by atoms with E-state index >= 15 is 0 Å². The Morgan fingerprint density at radius 2 is 1.79 bits per heavy atom. The molecule has 2 aromatic rings. The summed E-state index contributed by atoms with van der Waals surface area (Å²) in [4.78, 5) is 12.0. The van der Waals surface area contributed by atoms with Crippen molar-refractivity contribution in [3.63, 3.8) is 0 Å². The highest BCUT2D eigenvalue weighted by molar-refractivity contribution is 6.37. The van der Waals surface area contributed by atoms with Crippen molar-refractivity contribution in [2.24, 2.45) is 0 Å². The molecule has 0 saturated heterocycles. The summed E-state index contributed by atoms with van der Waals surface area (Å²) >= 11 is 12.0. The molecule has 0 aliphatic carbocycles. The Hall–Kier alpha value is -1.73. The maximum Gasteiger partial charge on any atom is 0.416 e. The SMILES string of the molecule is CCOC(=O)c1c(C)nn(-c2c(Cl)cc(C(F)(F)F)cc2Cl)c1C. The number of nitrogens with zero attached hydrogens (tertiary/aromatic N) is 2. The van der Waals surface area contributed by atoms with E-state index in [1.54, 1.807) is 20.8 Å². The number of hydrogen-bond donors (Lipinski definition) is 0. The summed E-state index contributed by atoms with van der Waals surface area (Å²) in [7, 11) is 0. The number of aryl methyl sites for hydroxylation is 1. The van der Waals surface area contributed by atoms with Crippen LogP contribution in [0, 0.1) is 13.8 Å². The van der Waals surface area contributed by atoms with E-state index in [0.717, 1.165) is 12.1 Å². The molecule has 0 unspecified atom stereocenters. The fourth-order valence-electron chi connectivity index (χ4n) is 2.29. The highest BCUT2D eigenvalue weighted by atomic mass is 35.5. The third kappa shape index (κ3) is 3.37. The molecular weight excluding hydrogens is 368 g/mol. The Bertz CT molecular complexity index is 778. The van der Waals surface area contributed by atoms with Gasteiger partial charge in [0.2, 0.25) is 0 Å². The molecule has 0 bridgehead atoms. The number of halogens is 5. The van der Waals surface area contributed by atoms with E-state index < -0.39 is 17.7 Å². The van der Waals surface area contributed by atoms with Crippen LogP contribution in [0.15, 0.2) is 12.1 Å². The van der Waals surface area contributed by atoms with Crippen molar-refractivity contribution >= 4 is 29.2 Å². The predicted octanol–water partition coefficient (Wildman–Crippen LogP) is 4.99. The van der Waals surface area contributed by atoms with Gasteiger partial charge in [-0.05, 0) is 32.9 Å². The Kier molecular flexibility index (Phi) is 5.15. The molecule has 9 heteroatoms. The number of carbonyl (C=O) groups is 1. The molecule has 4 nitrogen and oxygen atoms in total. The fourth-order valence-corrected chi connectivity index (χ4v) is 2.94. The fraction of sp³-hybridized carbons (Fsp3) is 0.333. The van der Waals surface area contributed by atoms with Crippen LogP contribution in [0.3, 0.4) is 0 Å². The summed E-state index contributed by atoms with van der Waals surface area (Å²) in [5.41, 5.74) is 0.0623. The Balaban J connectivity index is 2.62. The number of esters is 1. The number of aromatic nitrogens is 2. The van der Waals surface area contributed by atoms with Gasteiger partial charge in [-0.3, -0.25) is 0 Å². The van der Waals surface area contributed by atoms with Crippen LogP contribution in [0.25, 0.3) is 5.69 Å². The number of rotatable bonds is 3. The minimum Gasteiger partial charge on any atom is -0.462 e. The van der Waals surface area contributed by atoms with Gasteiger partial charge < -0.3 is 4.74 Å². The van der Waals surface area contributed by atoms with Gasteiger partial charge in [0, 0.05) is 0 Å². The highest BCUT2D eigenvalue weighted by Gasteiger charge is 2.33. The summed E-state index contributed by atoms with van der Waals surface area (Å²) in [6, 6.07) is 1.53. The van der Waals surface area contributed by atoms with Gasteiger partial charge in [0.1, 0.15) is 11.3 Å². The Morgan fingerprint density at radius 3 is 2.25 bits per heavy atom. The van der Waals surface area contributed by atoms with Gasteiger partial charge in [-0.15, -0.1) is 0 Å². The van der Waals surface area contributed by atoms with Crippen LogP contribution in [0.2, 0.25) is 10.0 Å². The number of ether oxygens (including phenoxy) is 1. The molecule has 0 aliphatic heterocycles. The first kappa shape index (κ1) is 18.6. The maximum atomic E-state index is 12.8. The third-order valence-corrected chi connectivity index (χ3v) is 3.90. The van der Waals surface area contributed by atoms with E-state index in [1.165, 1.54) is 4.68 Å². The van der Waals surface area contributed by atoms with Gasteiger partial charge in [-0.2, -0.15) is 18.3 Å². The van der Waals surface area contributed by atoms with E-state index in [-0.39, 0.29) is 27.9 Å². The summed E-state index contributed by atoms with van der Waals surface area (Å²) in [6.45, 7) is 5.01. The monoisotopic (exact) mass is 380 g/mol. The van der Waals surface area contributed by atoms with Crippen molar-refractivity contribution in [3.05, 3.63) is 44.7 Å². The lowest BCUT2D eigenvalue weighted by Gasteiger charge is -2.13. The minimum absolute atomic E-state index is 0.0717. The van der Waals surface area contributed by atoms with E-state index in [4.69, 9.17) is 27.9 Å². The van der Waals surface area contributed by atoms with Gasteiger partial charge in [0.05, 0.1) is 33.6 Å². The van der Waals surface area contributed by atoms with Gasteiger partial charge in [-0.25, -0.2) is 9.48 Å². The van der Waals surface area contributed by atoms with Gasteiger partial charge in [-0.1, -0.05) is 23.2 Å². The molecule has 24 heavy (non-hydrogen) atoms. The summed E-state index contributed by atoms with van der Waals surface area (Å²) in [6.07, 6.45) is -4.57. The van der Waals surface area contributed by atoms with Crippen molar-refractivity contribution in [1.29, 1.82) is 0 Å². The first-order valence-electron chi connectivity index (χ1n) is 6.87. The van der Waals surface area contributed by atoms with Crippen LogP contribution in [-0.2, 0) is 10.9 Å². The second-order valence-electron chi connectivity index (χ2n) is 4.96. The van der Waals surface area contributed by atoms with Crippen molar-refractivity contribution in [2.75, 3.05) is 6.61 Å². The normalized spacial score (nSPS) is 11.7. The molecule has 130 valence electrons. The molecule has 0 spiro atoms. The predicted molar refractivity (Wildman–Crippen MR) is 84.0 cm³/mol. The van der Waals surface area contributed by atoms with Crippen LogP contribution in [0.1, 0.15) is 34.2 Å². The van der Waals surface area contributed by atoms with Crippen molar-refractivity contribution in [2.45, 2.75) is 26.9 Å². The highest BCUT2D eigenvalue weighted by Crippen LogP contribution is 2.38. The largest absolute Gasteiger partial charge is 0.462 e. The molecule has 1 aromatic heterocycles. The zero-order valence-electron chi connectivity index (χ0n) is 13.0. The smallest absolute Gasteiger partial charge is 0.416 e. The lowest BCUT2D eigenvalue weighted by molar-refractivity contribution is -0.137. The number of carbonyl (C=O) groups excluding carboxylic acids is 1. The van der Waals surface area contributed by atoms with E-state index in [9.17, 15) is 18.0 Å². The molecule has 0 atom stereocenters. The Morgan fingerprint density at radius 1 is 1.25 bits per heavy atom. The Labute approximate surface area is 146 Å². The molecule has 0 fully saturated rings. The molecule has 0 radical (unpaired) electrons. The van der Waals surface area contributed by atoms with Crippen LogP contribution >= 0.6 is 23.2 Å². The second-order valence-corrected chi connectivity index (χ2v) is 5.78. The van der Waals surface area contributed by atoms with Gasteiger partial charge in [0.25, 0.3) is 0 Å². The third-order valence-electron chi connectivity index (χ3n) is 3.33.